The third-order valence-corrected chi connectivity index (χ3v) is 7.51. The standard InChI is InChI=1S/C26H28Cl2FNO2/c1-3-11-26(2)14-20(17-5-4-6-19(27)12-17)24(18-9-10-21(28)22(29)13-18)30(25(26)32)23(15-31)16-7-8-16/h3-6,9-10,12-13,16,20,23-24,31H,1,7-8,11,14-15H2,2H3/t20-,23-,24-,26+/m1/s1. The number of nitrogens with zero attached hydrogens (tertiary/aromatic N) is 1. The van der Waals surface area contributed by atoms with Gasteiger partial charge in [-0.25, -0.2) is 4.39 Å². The summed E-state index contributed by atoms with van der Waals surface area (Å²) in [7, 11) is 0. The summed E-state index contributed by atoms with van der Waals surface area (Å²) in [6.07, 6.45) is 4.79. The molecule has 0 radical (unpaired) electrons. The average Bonchev–Trinajstić information content (AvgIpc) is 3.59. The highest BCUT2D eigenvalue weighted by Gasteiger charge is 2.53. The Morgan fingerprint density at radius 2 is 2.00 bits per heavy atom. The third-order valence-electron chi connectivity index (χ3n) is 6.97. The first-order valence-corrected chi connectivity index (χ1v) is 11.8. The molecule has 1 aliphatic heterocycles. The van der Waals surface area contributed by atoms with E-state index in [0.717, 1.165) is 18.4 Å². The Labute approximate surface area is 198 Å². The van der Waals surface area contributed by atoms with Crippen LogP contribution in [-0.2, 0) is 4.79 Å². The molecule has 6 heteroatoms. The monoisotopic (exact) mass is 475 g/mol. The SMILES string of the molecule is C=CC[C@@]1(C)C[C@H](c2cccc(Cl)c2)[C@@H](c2ccc(Cl)c(F)c2)N([C@H](CO)C2CC2)C1=O. The van der Waals surface area contributed by atoms with E-state index in [1.54, 1.807) is 12.1 Å². The first-order valence-electron chi connectivity index (χ1n) is 11.0. The molecular formula is C26H28Cl2FNO2. The number of hydrogen-bond acceptors (Lipinski definition) is 2. The van der Waals surface area contributed by atoms with Crippen LogP contribution in [0.25, 0.3) is 0 Å². The van der Waals surface area contributed by atoms with Gasteiger partial charge in [0.1, 0.15) is 5.82 Å². The van der Waals surface area contributed by atoms with Crippen LogP contribution < -0.4 is 0 Å². The minimum absolute atomic E-state index is 0.0259. The Morgan fingerprint density at radius 3 is 2.59 bits per heavy atom. The van der Waals surface area contributed by atoms with E-state index in [-0.39, 0.29) is 35.4 Å². The molecule has 2 aromatic carbocycles. The maximum Gasteiger partial charge on any atom is 0.229 e. The number of benzene rings is 2. The molecular weight excluding hydrogens is 448 g/mol. The molecule has 2 fully saturated rings. The second kappa shape index (κ2) is 9.17. The van der Waals surface area contributed by atoms with Gasteiger partial charge in [-0.15, -0.1) is 6.58 Å². The number of hydrogen-bond donors (Lipinski definition) is 1. The molecule has 1 N–H and O–H groups in total. The number of carbonyl (C=O) groups excluding carboxylic acids is 1. The topological polar surface area (TPSA) is 40.5 Å². The number of allylic oxidation sites excluding steroid dienone is 1. The van der Waals surface area contributed by atoms with E-state index in [4.69, 9.17) is 23.2 Å². The lowest BCUT2D eigenvalue weighted by Crippen LogP contribution is -2.57. The van der Waals surface area contributed by atoms with Gasteiger partial charge in [0, 0.05) is 10.9 Å². The van der Waals surface area contributed by atoms with E-state index in [1.165, 1.54) is 12.1 Å². The van der Waals surface area contributed by atoms with Crippen LogP contribution >= 0.6 is 23.2 Å². The van der Waals surface area contributed by atoms with Gasteiger partial charge in [-0.05, 0) is 67.0 Å². The summed E-state index contributed by atoms with van der Waals surface area (Å²) in [5.41, 5.74) is 0.974. The lowest BCUT2D eigenvalue weighted by Gasteiger charge is -2.52. The van der Waals surface area contributed by atoms with Gasteiger partial charge < -0.3 is 10.0 Å². The van der Waals surface area contributed by atoms with Crippen LogP contribution in [0.1, 0.15) is 55.7 Å². The molecule has 4 atom stereocenters. The molecule has 3 nitrogen and oxygen atoms in total. The summed E-state index contributed by atoms with van der Waals surface area (Å²) in [6.45, 7) is 5.71. The molecule has 1 saturated carbocycles. The van der Waals surface area contributed by atoms with Gasteiger partial charge in [-0.2, -0.15) is 0 Å². The van der Waals surface area contributed by atoms with Gasteiger partial charge in [0.15, 0.2) is 0 Å². The molecule has 170 valence electrons. The molecule has 2 aliphatic rings. The van der Waals surface area contributed by atoms with E-state index >= 15 is 0 Å². The lowest BCUT2D eigenvalue weighted by molar-refractivity contribution is -0.156. The van der Waals surface area contributed by atoms with Crippen LogP contribution in [0.15, 0.2) is 55.1 Å². The van der Waals surface area contributed by atoms with Crippen molar-refractivity contribution < 1.29 is 14.3 Å². The maximum atomic E-state index is 14.6. The van der Waals surface area contributed by atoms with Gasteiger partial charge in [0.25, 0.3) is 0 Å². The molecule has 1 heterocycles. The van der Waals surface area contributed by atoms with Crippen molar-refractivity contribution in [3.05, 3.63) is 82.1 Å². The van der Waals surface area contributed by atoms with E-state index in [1.807, 2.05) is 36.1 Å². The molecule has 0 bridgehead atoms. The van der Waals surface area contributed by atoms with Crippen LogP contribution in [0.5, 0.6) is 0 Å². The summed E-state index contributed by atoms with van der Waals surface area (Å²) < 4.78 is 14.6. The fourth-order valence-corrected chi connectivity index (χ4v) is 5.55. The van der Waals surface area contributed by atoms with Crippen molar-refractivity contribution in [1.82, 2.24) is 4.90 Å². The largest absolute Gasteiger partial charge is 0.394 e. The highest BCUT2D eigenvalue weighted by Crippen LogP contribution is 2.54. The van der Waals surface area contributed by atoms with Crippen molar-refractivity contribution in [2.75, 3.05) is 6.61 Å². The number of aliphatic hydroxyl groups is 1. The first-order chi connectivity index (χ1) is 15.3. The van der Waals surface area contributed by atoms with Crippen LogP contribution in [0.3, 0.4) is 0 Å². The van der Waals surface area contributed by atoms with Crippen LogP contribution in [0, 0.1) is 17.2 Å². The van der Waals surface area contributed by atoms with Crippen LogP contribution in [0.2, 0.25) is 10.0 Å². The number of halogens is 3. The number of likely N-dealkylation sites (tertiary alicyclic amines) is 1. The van der Waals surface area contributed by atoms with Crippen LogP contribution in [0.4, 0.5) is 4.39 Å². The predicted octanol–water partition coefficient (Wildman–Crippen LogP) is 6.54. The second-order valence-electron chi connectivity index (χ2n) is 9.34. The summed E-state index contributed by atoms with van der Waals surface area (Å²) in [6, 6.07) is 11.6. The molecule has 0 spiro atoms. The maximum absolute atomic E-state index is 14.6. The van der Waals surface area contributed by atoms with E-state index in [2.05, 4.69) is 6.58 Å². The molecule has 1 aliphatic carbocycles. The summed E-state index contributed by atoms with van der Waals surface area (Å²) >= 11 is 12.3. The summed E-state index contributed by atoms with van der Waals surface area (Å²) in [4.78, 5) is 15.8. The van der Waals surface area contributed by atoms with Gasteiger partial charge in [-0.1, -0.05) is 54.4 Å². The van der Waals surface area contributed by atoms with Crippen molar-refractivity contribution in [3.8, 4) is 0 Å². The Balaban J connectivity index is 1.91. The van der Waals surface area contributed by atoms with Gasteiger partial charge >= 0.3 is 0 Å². The molecule has 1 saturated heterocycles. The average molecular weight is 476 g/mol. The van der Waals surface area contributed by atoms with Crippen molar-refractivity contribution in [1.29, 1.82) is 0 Å². The van der Waals surface area contributed by atoms with Crippen LogP contribution in [-0.4, -0.2) is 28.6 Å². The Bertz CT molecular complexity index is 1020. The fraction of sp³-hybridized carbons (Fsp3) is 0.423. The molecule has 0 aromatic heterocycles. The van der Waals surface area contributed by atoms with Crippen molar-refractivity contribution in [2.45, 2.75) is 50.6 Å². The Hall–Kier alpha value is -1.88. The zero-order chi connectivity index (χ0) is 23.0. The zero-order valence-electron chi connectivity index (χ0n) is 18.1. The number of rotatable bonds is 7. The number of carbonyl (C=O) groups is 1. The molecule has 2 aromatic rings. The Kier molecular flexibility index (Phi) is 6.67. The minimum atomic E-state index is -0.682. The van der Waals surface area contributed by atoms with Gasteiger partial charge in [0.2, 0.25) is 5.91 Å². The number of aliphatic hydroxyl groups excluding tert-OH is 1. The van der Waals surface area contributed by atoms with Gasteiger partial charge in [-0.3, -0.25) is 4.79 Å². The lowest BCUT2D eigenvalue weighted by atomic mass is 9.67. The van der Waals surface area contributed by atoms with E-state index in [9.17, 15) is 14.3 Å². The molecule has 32 heavy (non-hydrogen) atoms. The number of piperidine rings is 1. The quantitative estimate of drug-likeness (QED) is 0.461. The molecule has 4 rings (SSSR count). The molecule has 1 amide bonds. The van der Waals surface area contributed by atoms with Crippen molar-refractivity contribution >= 4 is 29.1 Å². The van der Waals surface area contributed by atoms with E-state index in [0.29, 0.717) is 23.4 Å². The second-order valence-corrected chi connectivity index (χ2v) is 10.2. The third kappa shape index (κ3) is 4.33. The smallest absolute Gasteiger partial charge is 0.229 e. The summed E-state index contributed by atoms with van der Waals surface area (Å²) in [5.74, 6) is -0.436. The predicted molar refractivity (Wildman–Crippen MR) is 126 cm³/mol. The highest BCUT2D eigenvalue weighted by molar-refractivity contribution is 6.31. The normalized spacial score (nSPS) is 26.8. The van der Waals surface area contributed by atoms with Crippen molar-refractivity contribution in [2.24, 2.45) is 11.3 Å². The van der Waals surface area contributed by atoms with Gasteiger partial charge in [0.05, 0.1) is 29.1 Å². The molecule has 0 unspecified atom stereocenters. The zero-order valence-corrected chi connectivity index (χ0v) is 19.6. The Morgan fingerprint density at radius 1 is 1.25 bits per heavy atom. The fourth-order valence-electron chi connectivity index (χ4n) is 5.23. The number of amides is 1. The minimum Gasteiger partial charge on any atom is -0.394 e. The van der Waals surface area contributed by atoms with Crippen molar-refractivity contribution in [3.63, 3.8) is 0 Å². The van der Waals surface area contributed by atoms with E-state index < -0.39 is 17.3 Å². The summed E-state index contributed by atoms with van der Waals surface area (Å²) in [5, 5.41) is 11.0. The first kappa shape index (κ1) is 23.3. The highest BCUT2D eigenvalue weighted by atomic mass is 35.5.